The number of aliphatic hydroxyl groups is 5. The van der Waals surface area contributed by atoms with Crippen molar-refractivity contribution in [2.45, 2.75) is 301 Å². The fourth-order valence-electron chi connectivity index (χ4n) is 8.65. The van der Waals surface area contributed by atoms with E-state index in [0.717, 1.165) is 57.8 Å². The normalized spacial score (nSPS) is 20.3. The minimum absolute atomic E-state index is 0.126. The summed E-state index contributed by atoms with van der Waals surface area (Å²) in [7, 11) is 0. The first-order chi connectivity index (χ1) is 32.2. The molecule has 0 radical (unpaired) electrons. The Balaban J connectivity index is 2.78. The van der Waals surface area contributed by atoms with Crippen LogP contribution in [0.15, 0.2) is 24.3 Å². The number of nitrogens with one attached hydrogen (secondary N) is 1. The van der Waals surface area contributed by atoms with Crippen molar-refractivity contribution in [2.24, 2.45) is 0 Å². The lowest BCUT2D eigenvalue weighted by molar-refractivity contribution is -0.305. The second kappa shape index (κ2) is 44.4. The van der Waals surface area contributed by atoms with E-state index in [1.54, 1.807) is 6.08 Å². The van der Waals surface area contributed by atoms with E-state index < -0.39 is 67.4 Å². The van der Waals surface area contributed by atoms with Gasteiger partial charge in [0.1, 0.15) is 24.4 Å². The van der Waals surface area contributed by atoms with Crippen LogP contribution in [0.5, 0.6) is 0 Å². The highest BCUT2D eigenvalue weighted by molar-refractivity contribution is 5.80. The molecule has 1 aliphatic heterocycles. The molecule has 0 aromatic carbocycles. The Morgan fingerprint density at radius 2 is 1.00 bits per heavy atom. The van der Waals surface area contributed by atoms with Gasteiger partial charge in [0.25, 0.3) is 0 Å². The van der Waals surface area contributed by atoms with Gasteiger partial charge in [0.15, 0.2) is 12.4 Å². The van der Waals surface area contributed by atoms with Crippen molar-refractivity contribution in [1.29, 1.82) is 0 Å². The van der Waals surface area contributed by atoms with Crippen molar-refractivity contribution < 1.29 is 49.3 Å². The summed E-state index contributed by atoms with van der Waals surface area (Å²) in [4.78, 5) is 26.3. The number of rotatable bonds is 46. The first kappa shape index (κ1) is 62.2. The smallest absolute Gasteiger partial charge is 0.306 e. The highest BCUT2D eigenvalue weighted by Crippen LogP contribution is 2.26. The topological polar surface area (TPSA) is 175 Å². The first-order valence-corrected chi connectivity index (χ1v) is 27.6. The monoisotopic (exact) mass is 938 g/mol. The van der Waals surface area contributed by atoms with Crippen LogP contribution in [0.25, 0.3) is 0 Å². The van der Waals surface area contributed by atoms with Gasteiger partial charge in [0, 0.05) is 6.42 Å². The standard InChI is InChI=1S/C55H103NO10/c1-4-7-10-13-16-19-22-24-27-29-32-35-38-41-47(58)46(56-54(63)48(59)42-39-36-33-30-28-25-23-20-17-14-11-8-5-2)45-64-55-53(52(62)51(61)49(44-57)65-55)66-50(60)43-40-37-34-31-26-21-18-15-12-9-6-3/h28,30,38,41,46-49,51-53,55,57-59,61-62H,4-27,29,31-37,39-40,42-45H2,1-3H3,(H,56,63)/b30-28-,41-38+. The third-order valence-corrected chi connectivity index (χ3v) is 13.1. The average molecular weight is 938 g/mol. The van der Waals surface area contributed by atoms with E-state index in [0.29, 0.717) is 12.8 Å². The number of amides is 1. The summed E-state index contributed by atoms with van der Waals surface area (Å²) in [6.07, 6.45) is 38.0. The van der Waals surface area contributed by atoms with Crippen LogP contribution >= 0.6 is 0 Å². The highest BCUT2D eigenvalue weighted by atomic mass is 16.7. The molecule has 0 aromatic rings. The van der Waals surface area contributed by atoms with Crippen molar-refractivity contribution in [2.75, 3.05) is 13.2 Å². The fourth-order valence-corrected chi connectivity index (χ4v) is 8.65. The number of esters is 1. The molecule has 0 aromatic heterocycles. The first-order valence-electron chi connectivity index (χ1n) is 27.6. The second-order valence-corrected chi connectivity index (χ2v) is 19.3. The minimum atomic E-state index is -1.61. The summed E-state index contributed by atoms with van der Waals surface area (Å²) in [5, 5.41) is 56.6. The van der Waals surface area contributed by atoms with E-state index in [1.807, 2.05) is 6.08 Å². The summed E-state index contributed by atoms with van der Waals surface area (Å²) < 4.78 is 17.5. The lowest BCUT2D eigenvalue weighted by Crippen LogP contribution is -2.61. The summed E-state index contributed by atoms with van der Waals surface area (Å²) in [5.74, 6) is -1.21. The Morgan fingerprint density at radius 1 is 0.576 bits per heavy atom. The van der Waals surface area contributed by atoms with Crippen molar-refractivity contribution in [3.05, 3.63) is 24.3 Å². The molecule has 1 amide bonds. The number of unbranched alkanes of at least 4 members (excludes halogenated alkanes) is 30. The van der Waals surface area contributed by atoms with E-state index >= 15 is 0 Å². The quantitative estimate of drug-likeness (QED) is 0.0196. The van der Waals surface area contributed by atoms with E-state index in [1.165, 1.54) is 148 Å². The fraction of sp³-hybridized carbons (Fsp3) is 0.891. The number of hydrogen-bond acceptors (Lipinski definition) is 10. The summed E-state index contributed by atoms with van der Waals surface area (Å²) in [5.41, 5.74) is 0. The van der Waals surface area contributed by atoms with Gasteiger partial charge in [-0.3, -0.25) is 9.59 Å². The van der Waals surface area contributed by atoms with Crippen molar-refractivity contribution >= 4 is 11.9 Å². The van der Waals surface area contributed by atoms with Gasteiger partial charge in [-0.25, -0.2) is 0 Å². The summed E-state index contributed by atoms with van der Waals surface area (Å²) >= 11 is 0. The van der Waals surface area contributed by atoms with Crippen LogP contribution < -0.4 is 5.32 Å². The maximum Gasteiger partial charge on any atom is 0.306 e. The molecule has 8 unspecified atom stereocenters. The molecule has 0 aliphatic carbocycles. The molecule has 1 heterocycles. The minimum Gasteiger partial charge on any atom is -0.454 e. The molecule has 1 fully saturated rings. The van der Waals surface area contributed by atoms with Crippen LogP contribution in [0, 0.1) is 0 Å². The molecule has 8 atom stereocenters. The lowest BCUT2D eigenvalue weighted by atomic mass is 9.99. The van der Waals surface area contributed by atoms with Crippen LogP contribution in [0.1, 0.15) is 252 Å². The molecule has 1 rings (SSSR count). The highest BCUT2D eigenvalue weighted by Gasteiger charge is 2.47. The average Bonchev–Trinajstić information content (AvgIpc) is 3.31. The van der Waals surface area contributed by atoms with Crippen molar-refractivity contribution in [1.82, 2.24) is 5.32 Å². The Hall–Kier alpha value is -1.86. The molecule has 6 N–H and O–H groups in total. The molecule has 1 saturated heterocycles. The number of allylic oxidation sites excluding steroid dienone is 3. The number of carbonyl (C=O) groups is 2. The predicted octanol–water partition coefficient (Wildman–Crippen LogP) is 11.8. The zero-order valence-corrected chi connectivity index (χ0v) is 42.6. The van der Waals surface area contributed by atoms with Gasteiger partial charge in [-0.15, -0.1) is 0 Å². The molecule has 0 spiro atoms. The lowest BCUT2D eigenvalue weighted by Gasteiger charge is -2.41. The van der Waals surface area contributed by atoms with E-state index in [4.69, 9.17) is 14.2 Å². The van der Waals surface area contributed by atoms with Crippen LogP contribution in [0.4, 0.5) is 0 Å². The van der Waals surface area contributed by atoms with E-state index in [2.05, 4.69) is 38.2 Å². The Bertz CT molecular complexity index is 1170. The van der Waals surface area contributed by atoms with Gasteiger partial charge in [-0.1, -0.05) is 218 Å². The Labute approximate surface area is 403 Å². The summed E-state index contributed by atoms with van der Waals surface area (Å²) in [6.45, 7) is 5.75. The Kier molecular flexibility index (Phi) is 41.8. The molecule has 388 valence electrons. The van der Waals surface area contributed by atoms with Gasteiger partial charge < -0.3 is 45.1 Å². The van der Waals surface area contributed by atoms with Crippen LogP contribution in [0.3, 0.4) is 0 Å². The predicted molar refractivity (Wildman–Crippen MR) is 269 cm³/mol. The van der Waals surface area contributed by atoms with Gasteiger partial charge >= 0.3 is 5.97 Å². The number of carbonyl (C=O) groups excluding carboxylic acids is 2. The molecular formula is C55H103NO10. The molecule has 11 heteroatoms. The number of ether oxygens (including phenoxy) is 3. The third kappa shape index (κ3) is 32.8. The number of hydrogen-bond donors (Lipinski definition) is 6. The molecular weight excluding hydrogens is 835 g/mol. The molecule has 0 saturated carbocycles. The van der Waals surface area contributed by atoms with Crippen molar-refractivity contribution in [3.63, 3.8) is 0 Å². The van der Waals surface area contributed by atoms with Crippen LogP contribution in [-0.4, -0.2) is 99.6 Å². The molecule has 11 nitrogen and oxygen atoms in total. The van der Waals surface area contributed by atoms with Crippen LogP contribution in [0.2, 0.25) is 0 Å². The van der Waals surface area contributed by atoms with Crippen LogP contribution in [-0.2, 0) is 23.8 Å². The van der Waals surface area contributed by atoms with Gasteiger partial charge in [-0.2, -0.15) is 0 Å². The molecule has 1 aliphatic rings. The maximum atomic E-state index is 13.3. The molecule has 66 heavy (non-hydrogen) atoms. The zero-order chi connectivity index (χ0) is 48.3. The number of aliphatic hydroxyl groups excluding tert-OH is 5. The maximum absolute atomic E-state index is 13.3. The second-order valence-electron chi connectivity index (χ2n) is 19.3. The zero-order valence-electron chi connectivity index (χ0n) is 42.6. The van der Waals surface area contributed by atoms with E-state index in [9.17, 15) is 35.1 Å². The largest absolute Gasteiger partial charge is 0.454 e. The Morgan fingerprint density at radius 3 is 1.47 bits per heavy atom. The van der Waals surface area contributed by atoms with Gasteiger partial charge in [-0.05, 0) is 51.4 Å². The van der Waals surface area contributed by atoms with E-state index in [-0.39, 0.29) is 19.4 Å². The SMILES string of the molecule is CCCCCCCCC/C=C\CCCCC(O)C(=O)NC(COC1OC(CO)C(O)C(O)C1OC(=O)CCCCCCCCCCCCC)C(O)/C=C/CCCCCCCCCCCCC. The molecule has 0 bridgehead atoms. The third-order valence-electron chi connectivity index (χ3n) is 13.1. The van der Waals surface area contributed by atoms with Crippen molar-refractivity contribution in [3.8, 4) is 0 Å². The van der Waals surface area contributed by atoms with Gasteiger partial charge in [0.05, 0.1) is 25.4 Å². The van der Waals surface area contributed by atoms with Gasteiger partial charge in [0.2, 0.25) is 5.91 Å². The summed E-state index contributed by atoms with van der Waals surface area (Å²) in [6, 6.07) is -1.02.